The van der Waals surface area contributed by atoms with Gasteiger partial charge >= 0.3 is 5.97 Å². The maximum Gasteiger partial charge on any atom is 0.332 e. The van der Waals surface area contributed by atoms with Gasteiger partial charge in [0.1, 0.15) is 11.4 Å². The highest BCUT2D eigenvalue weighted by Gasteiger charge is 2.56. The van der Waals surface area contributed by atoms with E-state index in [1.54, 1.807) is 0 Å². The second-order valence-corrected chi connectivity index (χ2v) is 7.80. The van der Waals surface area contributed by atoms with Gasteiger partial charge in [0.15, 0.2) is 12.1 Å². The number of amides is 1. The SMILES string of the molecule is NC1C(=O)N2C(C(=O)OC(c3ccccc3)c3ccccc3)C(O)CS[C@H]12. The molecule has 2 aliphatic rings. The molecule has 1 amide bonds. The summed E-state index contributed by atoms with van der Waals surface area (Å²) in [6.07, 6.45) is -1.60. The zero-order valence-corrected chi connectivity index (χ0v) is 15.3. The number of rotatable bonds is 4. The van der Waals surface area contributed by atoms with E-state index < -0.39 is 30.3 Å². The Labute approximate surface area is 161 Å². The van der Waals surface area contributed by atoms with E-state index in [1.165, 1.54) is 16.7 Å². The quantitative estimate of drug-likeness (QED) is 0.610. The second-order valence-electron chi connectivity index (χ2n) is 6.65. The van der Waals surface area contributed by atoms with Crippen LogP contribution >= 0.6 is 11.8 Å². The Kier molecular flexibility index (Phi) is 4.90. The predicted octanol–water partition coefficient (Wildman–Crippen LogP) is 1.29. The molecule has 0 bridgehead atoms. The predicted molar refractivity (Wildman–Crippen MR) is 102 cm³/mol. The van der Waals surface area contributed by atoms with E-state index in [9.17, 15) is 14.7 Å². The fraction of sp³-hybridized carbons (Fsp3) is 0.300. The number of carbonyl (C=O) groups is 2. The molecule has 0 spiro atoms. The Hall–Kier alpha value is -2.35. The highest BCUT2D eigenvalue weighted by atomic mass is 32.2. The van der Waals surface area contributed by atoms with Crippen molar-refractivity contribution in [1.29, 1.82) is 0 Å². The maximum atomic E-state index is 13.0. The molecule has 0 aliphatic carbocycles. The minimum atomic E-state index is -1.03. The summed E-state index contributed by atoms with van der Waals surface area (Å²) in [7, 11) is 0. The van der Waals surface area contributed by atoms with Gasteiger partial charge in [-0.3, -0.25) is 4.79 Å². The van der Waals surface area contributed by atoms with E-state index in [0.717, 1.165) is 11.1 Å². The first kappa shape index (κ1) is 18.0. The number of ether oxygens (including phenoxy) is 1. The summed E-state index contributed by atoms with van der Waals surface area (Å²) in [5.74, 6) is -0.613. The van der Waals surface area contributed by atoms with Gasteiger partial charge in [0.2, 0.25) is 5.91 Å². The molecule has 7 heteroatoms. The number of β-lactam (4-membered cyclic amide) rings is 1. The molecule has 0 aromatic heterocycles. The lowest BCUT2D eigenvalue weighted by molar-refractivity contribution is -0.172. The Morgan fingerprint density at radius 3 is 2.22 bits per heavy atom. The molecule has 3 N–H and O–H groups in total. The average molecular weight is 384 g/mol. The first-order chi connectivity index (χ1) is 13.1. The van der Waals surface area contributed by atoms with Gasteiger partial charge in [-0.05, 0) is 11.1 Å². The molecular formula is C20H20N2O4S. The fourth-order valence-electron chi connectivity index (χ4n) is 3.50. The topological polar surface area (TPSA) is 92.9 Å². The van der Waals surface area contributed by atoms with Crippen LogP contribution < -0.4 is 5.73 Å². The molecule has 2 heterocycles. The maximum absolute atomic E-state index is 13.0. The summed E-state index contributed by atoms with van der Waals surface area (Å²) < 4.78 is 5.83. The molecule has 140 valence electrons. The molecule has 27 heavy (non-hydrogen) atoms. The normalized spacial score (nSPS) is 27.1. The fourth-order valence-corrected chi connectivity index (χ4v) is 4.80. The Bertz CT molecular complexity index is 793. The summed E-state index contributed by atoms with van der Waals surface area (Å²) in [5, 5.41) is 10.1. The van der Waals surface area contributed by atoms with E-state index in [-0.39, 0.29) is 11.3 Å². The van der Waals surface area contributed by atoms with Gasteiger partial charge < -0.3 is 20.5 Å². The molecule has 4 atom stereocenters. The molecular weight excluding hydrogens is 364 g/mol. The van der Waals surface area contributed by atoms with E-state index in [2.05, 4.69) is 0 Å². The number of hydrogen-bond donors (Lipinski definition) is 2. The number of aliphatic hydroxyl groups excluding tert-OH is 1. The van der Waals surface area contributed by atoms with Crippen molar-refractivity contribution >= 4 is 23.6 Å². The Balaban J connectivity index is 1.61. The van der Waals surface area contributed by atoms with Crippen molar-refractivity contribution in [3.8, 4) is 0 Å². The van der Waals surface area contributed by atoms with Crippen molar-refractivity contribution in [3.05, 3.63) is 71.8 Å². The van der Waals surface area contributed by atoms with Gasteiger partial charge in [-0.25, -0.2) is 4.79 Å². The van der Waals surface area contributed by atoms with Gasteiger partial charge in [0.25, 0.3) is 0 Å². The average Bonchev–Trinajstić information content (AvgIpc) is 2.72. The van der Waals surface area contributed by atoms with Crippen LogP contribution in [0.2, 0.25) is 0 Å². The molecule has 0 saturated carbocycles. The van der Waals surface area contributed by atoms with Gasteiger partial charge in [-0.15, -0.1) is 11.8 Å². The van der Waals surface area contributed by atoms with Crippen molar-refractivity contribution in [2.45, 2.75) is 29.7 Å². The molecule has 4 rings (SSSR count). The number of nitrogens with zero attached hydrogens (tertiary/aromatic N) is 1. The first-order valence-corrected chi connectivity index (χ1v) is 9.80. The molecule has 3 unspecified atom stereocenters. The smallest absolute Gasteiger partial charge is 0.332 e. The third-order valence-electron chi connectivity index (χ3n) is 4.90. The number of fused-ring (bicyclic) bond motifs is 1. The van der Waals surface area contributed by atoms with Crippen LogP contribution in [-0.4, -0.2) is 51.2 Å². The van der Waals surface area contributed by atoms with E-state index in [1.807, 2.05) is 60.7 Å². The van der Waals surface area contributed by atoms with Crippen LogP contribution in [0.25, 0.3) is 0 Å². The van der Waals surface area contributed by atoms with Crippen molar-refractivity contribution in [1.82, 2.24) is 4.90 Å². The van der Waals surface area contributed by atoms with E-state index in [0.29, 0.717) is 5.75 Å². The monoisotopic (exact) mass is 384 g/mol. The zero-order valence-electron chi connectivity index (χ0n) is 14.5. The highest BCUT2D eigenvalue weighted by Crippen LogP contribution is 2.38. The minimum absolute atomic E-state index is 0.287. The lowest BCUT2D eigenvalue weighted by Gasteiger charge is -2.52. The molecule has 2 fully saturated rings. The number of nitrogens with two attached hydrogens (primary N) is 1. The number of benzene rings is 2. The molecule has 2 saturated heterocycles. The molecule has 6 nitrogen and oxygen atoms in total. The van der Waals surface area contributed by atoms with Gasteiger partial charge in [-0.1, -0.05) is 60.7 Å². The van der Waals surface area contributed by atoms with Crippen molar-refractivity contribution < 1.29 is 19.4 Å². The molecule has 0 radical (unpaired) electrons. The number of hydrogen-bond acceptors (Lipinski definition) is 6. The van der Waals surface area contributed by atoms with E-state index >= 15 is 0 Å². The van der Waals surface area contributed by atoms with Crippen LogP contribution in [0.15, 0.2) is 60.7 Å². The van der Waals surface area contributed by atoms with Crippen LogP contribution in [0.1, 0.15) is 17.2 Å². The molecule has 2 aromatic rings. The van der Waals surface area contributed by atoms with Crippen molar-refractivity contribution in [2.24, 2.45) is 5.73 Å². The second kappa shape index (κ2) is 7.34. The third-order valence-corrected chi connectivity index (χ3v) is 6.30. The summed E-state index contributed by atoms with van der Waals surface area (Å²) in [6.45, 7) is 0. The standard InChI is InChI=1S/C20H20N2O4S/c21-15-18(24)22-16(14(23)11-27-19(15)22)20(25)26-17(12-7-3-1-4-8-12)13-9-5-2-6-10-13/h1-10,14-17,19,23H,11,21H2/t14?,15?,16?,19-/m1/s1. The number of aliphatic hydroxyl groups is 1. The minimum Gasteiger partial charge on any atom is -0.451 e. The lowest BCUT2D eigenvalue weighted by atomic mass is 9.99. The molecule has 2 aromatic carbocycles. The Morgan fingerprint density at radius 1 is 1.11 bits per heavy atom. The van der Waals surface area contributed by atoms with E-state index in [4.69, 9.17) is 10.5 Å². The number of esters is 1. The van der Waals surface area contributed by atoms with Crippen LogP contribution in [0.5, 0.6) is 0 Å². The van der Waals surface area contributed by atoms with Crippen molar-refractivity contribution in [2.75, 3.05) is 5.75 Å². The summed E-state index contributed by atoms with van der Waals surface area (Å²) >= 11 is 1.39. The third kappa shape index (κ3) is 3.22. The largest absolute Gasteiger partial charge is 0.451 e. The number of carbonyl (C=O) groups excluding carboxylic acids is 2. The molecule has 2 aliphatic heterocycles. The summed E-state index contributed by atoms with van der Waals surface area (Å²) in [4.78, 5) is 26.5. The summed E-state index contributed by atoms with van der Waals surface area (Å²) in [6, 6.07) is 17.1. The van der Waals surface area contributed by atoms with Crippen molar-refractivity contribution in [3.63, 3.8) is 0 Å². The first-order valence-electron chi connectivity index (χ1n) is 8.75. The lowest BCUT2D eigenvalue weighted by Crippen LogP contribution is -2.75. The zero-order chi connectivity index (χ0) is 19.0. The summed E-state index contributed by atoms with van der Waals surface area (Å²) in [5.41, 5.74) is 7.46. The van der Waals surface area contributed by atoms with Gasteiger partial charge in [0.05, 0.1) is 6.10 Å². The van der Waals surface area contributed by atoms with Crippen LogP contribution in [-0.2, 0) is 14.3 Å². The van der Waals surface area contributed by atoms with Gasteiger partial charge in [-0.2, -0.15) is 0 Å². The van der Waals surface area contributed by atoms with Gasteiger partial charge in [0, 0.05) is 5.75 Å². The number of thioether (sulfide) groups is 1. The van der Waals surface area contributed by atoms with Crippen LogP contribution in [0, 0.1) is 0 Å². The Morgan fingerprint density at radius 2 is 1.67 bits per heavy atom. The van der Waals surface area contributed by atoms with Crippen LogP contribution in [0.3, 0.4) is 0 Å². The highest BCUT2D eigenvalue weighted by molar-refractivity contribution is 8.00. The van der Waals surface area contributed by atoms with Crippen LogP contribution in [0.4, 0.5) is 0 Å².